The second kappa shape index (κ2) is 7.55. The molecule has 2 rings (SSSR count). The molecule has 2 aromatic carbocycles. The zero-order valence-corrected chi connectivity index (χ0v) is 13.9. The highest BCUT2D eigenvalue weighted by molar-refractivity contribution is 7.92. The third kappa shape index (κ3) is 3.88. The molecular weight excluding hydrogens is 310 g/mol. The van der Waals surface area contributed by atoms with E-state index in [1.54, 1.807) is 36.4 Å². The minimum atomic E-state index is -3.63. The van der Waals surface area contributed by atoms with Gasteiger partial charge in [0.15, 0.2) is 9.84 Å². The van der Waals surface area contributed by atoms with Gasteiger partial charge in [0.05, 0.1) is 16.2 Å². The fraction of sp³-hybridized carbons (Fsp3) is 0.222. The minimum Gasteiger partial charge on any atom is -0.314 e. The number of benzene rings is 2. The zero-order valence-electron chi connectivity index (χ0n) is 13.0. The van der Waals surface area contributed by atoms with Crippen LogP contribution in [0, 0.1) is 0 Å². The smallest absolute Gasteiger partial charge is 0.183 e. The minimum absolute atomic E-state index is 0.238. The summed E-state index contributed by atoms with van der Waals surface area (Å²) in [6.45, 7) is 3.68. The first-order chi connectivity index (χ1) is 11.0. The summed E-state index contributed by atoms with van der Waals surface area (Å²) >= 11 is 0. The number of rotatable bonds is 7. The Labute approximate surface area is 137 Å². The van der Waals surface area contributed by atoms with E-state index in [2.05, 4.69) is 6.58 Å². The molecule has 0 aliphatic carbocycles. The van der Waals surface area contributed by atoms with Gasteiger partial charge >= 0.3 is 0 Å². The SMILES string of the molecule is C=CC[C@@H]([C@H](c1ccccc1)N(C)O)S(=O)(=O)c1ccccc1. The first kappa shape index (κ1) is 17.4. The lowest BCUT2D eigenvalue weighted by Crippen LogP contribution is -2.37. The van der Waals surface area contributed by atoms with E-state index >= 15 is 0 Å². The lowest BCUT2D eigenvalue weighted by molar-refractivity contribution is -0.105. The average Bonchev–Trinajstić information content (AvgIpc) is 2.56. The monoisotopic (exact) mass is 331 g/mol. The molecule has 0 radical (unpaired) electrons. The topological polar surface area (TPSA) is 57.6 Å². The molecule has 0 aliphatic rings. The molecule has 122 valence electrons. The summed E-state index contributed by atoms with van der Waals surface area (Å²) in [7, 11) is -2.16. The van der Waals surface area contributed by atoms with Crippen molar-refractivity contribution in [1.82, 2.24) is 5.06 Å². The number of hydrogen-bond donors (Lipinski definition) is 1. The summed E-state index contributed by atoms with van der Waals surface area (Å²) in [5.74, 6) is 0. The van der Waals surface area contributed by atoms with E-state index in [9.17, 15) is 13.6 Å². The number of hydroxylamine groups is 2. The van der Waals surface area contributed by atoms with Crippen LogP contribution in [-0.4, -0.2) is 31.0 Å². The van der Waals surface area contributed by atoms with Crippen molar-refractivity contribution in [2.75, 3.05) is 7.05 Å². The lowest BCUT2D eigenvalue weighted by Gasteiger charge is -2.30. The quantitative estimate of drug-likeness (QED) is 0.623. The largest absolute Gasteiger partial charge is 0.314 e. The van der Waals surface area contributed by atoms with Crippen molar-refractivity contribution in [2.45, 2.75) is 22.6 Å². The molecule has 0 unspecified atom stereocenters. The van der Waals surface area contributed by atoms with Crippen LogP contribution in [0.4, 0.5) is 0 Å². The third-order valence-electron chi connectivity index (χ3n) is 3.77. The standard InChI is InChI=1S/C18H21NO3S/c1-3-10-17(23(21,22)16-13-8-5-9-14-16)18(19(2)20)15-11-6-4-7-12-15/h3-9,11-14,17-18,20H,1,10H2,2H3/t17-,18-/m0/s1. The maximum Gasteiger partial charge on any atom is 0.183 e. The summed E-state index contributed by atoms with van der Waals surface area (Å²) in [4.78, 5) is 0.245. The van der Waals surface area contributed by atoms with Gasteiger partial charge in [-0.15, -0.1) is 6.58 Å². The predicted octanol–water partition coefficient (Wildman–Crippen LogP) is 3.47. The third-order valence-corrected chi connectivity index (χ3v) is 5.94. The highest BCUT2D eigenvalue weighted by Gasteiger charge is 2.36. The van der Waals surface area contributed by atoms with Gasteiger partial charge in [0.25, 0.3) is 0 Å². The second-order valence-corrected chi connectivity index (χ2v) is 7.52. The molecule has 1 N–H and O–H groups in total. The van der Waals surface area contributed by atoms with Crippen LogP contribution >= 0.6 is 0 Å². The Bertz CT molecular complexity index is 727. The molecule has 0 bridgehead atoms. The number of sulfone groups is 1. The zero-order chi connectivity index (χ0) is 16.9. The molecule has 4 nitrogen and oxygen atoms in total. The molecule has 0 aliphatic heterocycles. The molecule has 0 amide bonds. The maximum absolute atomic E-state index is 13.1. The molecule has 2 atom stereocenters. The summed E-state index contributed by atoms with van der Waals surface area (Å²) in [5.41, 5.74) is 0.740. The molecule has 2 aromatic rings. The van der Waals surface area contributed by atoms with Crippen molar-refractivity contribution in [1.29, 1.82) is 0 Å². The van der Waals surface area contributed by atoms with Crippen LogP contribution in [0.15, 0.2) is 78.2 Å². The van der Waals surface area contributed by atoms with E-state index in [0.29, 0.717) is 0 Å². The number of hydrogen-bond acceptors (Lipinski definition) is 4. The second-order valence-electron chi connectivity index (χ2n) is 5.35. The van der Waals surface area contributed by atoms with Gasteiger partial charge < -0.3 is 5.21 Å². The Balaban J connectivity index is 2.53. The van der Waals surface area contributed by atoms with Crippen molar-refractivity contribution >= 4 is 9.84 Å². The molecular formula is C18H21NO3S. The van der Waals surface area contributed by atoms with Crippen LogP contribution in [0.3, 0.4) is 0 Å². The van der Waals surface area contributed by atoms with E-state index < -0.39 is 21.1 Å². The van der Waals surface area contributed by atoms with Gasteiger partial charge in [0.1, 0.15) is 0 Å². The Hall–Kier alpha value is -1.95. The summed E-state index contributed by atoms with van der Waals surface area (Å²) in [6, 6.07) is 16.8. The summed E-state index contributed by atoms with van der Waals surface area (Å²) in [5, 5.41) is 10.2. The Kier molecular flexibility index (Phi) is 5.71. The average molecular weight is 331 g/mol. The number of allylic oxidation sites excluding steroid dienone is 1. The molecule has 0 saturated heterocycles. The van der Waals surface area contributed by atoms with Crippen molar-refractivity contribution in [3.05, 3.63) is 78.9 Å². The van der Waals surface area contributed by atoms with E-state index in [0.717, 1.165) is 10.6 Å². The van der Waals surface area contributed by atoms with Crippen molar-refractivity contribution in [3.63, 3.8) is 0 Å². The normalized spacial score (nSPS) is 14.4. The first-order valence-corrected chi connectivity index (χ1v) is 8.89. The van der Waals surface area contributed by atoms with E-state index in [4.69, 9.17) is 0 Å². The van der Waals surface area contributed by atoms with E-state index in [-0.39, 0.29) is 11.3 Å². The van der Waals surface area contributed by atoms with Gasteiger partial charge in [-0.2, -0.15) is 5.06 Å². The fourth-order valence-electron chi connectivity index (χ4n) is 2.70. The van der Waals surface area contributed by atoms with Crippen molar-refractivity contribution < 1.29 is 13.6 Å². The Morgan fingerprint density at radius 1 is 1.09 bits per heavy atom. The van der Waals surface area contributed by atoms with Crippen molar-refractivity contribution in [3.8, 4) is 0 Å². The van der Waals surface area contributed by atoms with E-state index in [1.807, 2.05) is 30.3 Å². The maximum atomic E-state index is 13.1. The van der Waals surface area contributed by atoms with Crippen LogP contribution in [0.2, 0.25) is 0 Å². The fourth-order valence-corrected chi connectivity index (χ4v) is 4.64. The Morgan fingerprint density at radius 3 is 2.09 bits per heavy atom. The number of nitrogens with zero attached hydrogens (tertiary/aromatic N) is 1. The van der Waals surface area contributed by atoms with Crippen LogP contribution in [-0.2, 0) is 9.84 Å². The molecule has 0 spiro atoms. The van der Waals surface area contributed by atoms with Crippen molar-refractivity contribution in [2.24, 2.45) is 0 Å². The van der Waals surface area contributed by atoms with Crippen LogP contribution in [0.5, 0.6) is 0 Å². The highest BCUT2D eigenvalue weighted by Crippen LogP contribution is 2.32. The molecule has 0 heterocycles. The molecule has 0 aromatic heterocycles. The molecule has 0 fully saturated rings. The first-order valence-electron chi connectivity index (χ1n) is 7.35. The van der Waals surface area contributed by atoms with E-state index in [1.165, 1.54) is 7.05 Å². The van der Waals surface area contributed by atoms with Gasteiger partial charge in [0, 0.05) is 7.05 Å². The van der Waals surface area contributed by atoms with Crippen LogP contribution in [0.1, 0.15) is 18.0 Å². The molecule has 0 saturated carbocycles. The van der Waals surface area contributed by atoms with Crippen LogP contribution in [0.25, 0.3) is 0 Å². The Morgan fingerprint density at radius 2 is 1.61 bits per heavy atom. The summed E-state index contributed by atoms with van der Waals surface area (Å²) < 4.78 is 26.1. The molecule has 5 heteroatoms. The highest BCUT2D eigenvalue weighted by atomic mass is 32.2. The molecule has 23 heavy (non-hydrogen) atoms. The lowest BCUT2D eigenvalue weighted by atomic mass is 10.0. The van der Waals surface area contributed by atoms with Gasteiger partial charge in [0.2, 0.25) is 0 Å². The van der Waals surface area contributed by atoms with Gasteiger partial charge in [-0.3, -0.25) is 0 Å². The van der Waals surface area contributed by atoms with Gasteiger partial charge in [-0.1, -0.05) is 54.6 Å². The van der Waals surface area contributed by atoms with Crippen LogP contribution < -0.4 is 0 Å². The van der Waals surface area contributed by atoms with Gasteiger partial charge in [-0.25, -0.2) is 8.42 Å². The summed E-state index contributed by atoms with van der Waals surface area (Å²) in [6.07, 6.45) is 1.81. The predicted molar refractivity (Wildman–Crippen MR) is 91.0 cm³/mol. The van der Waals surface area contributed by atoms with Gasteiger partial charge in [-0.05, 0) is 24.1 Å².